The van der Waals surface area contributed by atoms with Crippen molar-refractivity contribution in [2.45, 2.75) is 6.54 Å². The smallest absolute Gasteiger partial charge is 0.247 e. The van der Waals surface area contributed by atoms with Crippen LogP contribution in [0.25, 0.3) is 0 Å². The van der Waals surface area contributed by atoms with Gasteiger partial charge in [-0.3, -0.25) is 0 Å². The summed E-state index contributed by atoms with van der Waals surface area (Å²) in [6.07, 6.45) is 1.60. The van der Waals surface area contributed by atoms with Gasteiger partial charge in [-0.15, -0.1) is 5.10 Å². The number of anilines is 3. The first kappa shape index (κ1) is 18.9. The van der Waals surface area contributed by atoms with Crippen molar-refractivity contribution in [2.24, 2.45) is 0 Å². The second-order valence-corrected chi connectivity index (χ2v) is 6.79. The van der Waals surface area contributed by atoms with Gasteiger partial charge in [-0.05, 0) is 42.0 Å². The number of halogens is 1. The Labute approximate surface area is 169 Å². The van der Waals surface area contributed by atoms with Crippen molar-refractivity contribution in [1.82, 2.24) is 15.2 Å². The van der Waals surface area contributed by atoms with E-state index in [1.54, 1.807) is 25.4 Å². The number of ether oxygens (including phenoxy) is 1. The highest BCUT2D eigenvalue weighted by Gasteiger charge is 2.20. The predicted molar refractivity (Wildman–Crippen MR) is 111 cm³/mol. The molecule has 7 nitrogen and oxygen atoms in total. The number of piperazine rings is 1. The van der Waals surface area contributed by atoms with Gasteiger partial charge < -0.3 is 19.9 Å². The molecule has 2 heterocycles. The fraction of sp³-hybridized carbons (Fsp3) is 0.286. The maximum Gasteiger partial charge on any atom is 0.247 e. The van der Waals surface area contributed by atoms with Gasteiger partial charge in [-0.1, -0.05) is 12.1 Å². The number of benzene rings is 2. The van der Waals surface area contributed by atoms with Crippen LogP contribution in [-0.2, 0) is 6.54 Å². The van der Waals surface area contributed by atoms with Crippen LogP contribution in [0.15, 0.2) is 54.7 Å². The molecule has 2 aromatic carbocycles. The number of methoxy groups -OCH3 is 1. The van der Waals surface area contributed by atoms with Crippen molar-refractivity contribution in [3.63, 3.8) is 0 Å². The van der Waals surface area contributed by atoms with Gasteiger partial charge in [0.05, 0.1) is 13.3 Å². The minimum atomic E-state index is -0.242. The SMILES string of the molecule is COc1ccc(N2CCN(c3nncc(NCc4ccc(F)cc4)n3)CC2)cc1. The van der Waals surface area contributed by atoms with Crippen molar-refractivity contribution in [3.8, 4) is 5.75 Å². The molecule has 150 valence electrons. The van der Waals surface area contributed by atoms with Crippen LogP contribution in [0.4, 0.5) is 21.8 Å². The Bertz CT molecular complexity index is 927. The molecule has 0 saturated carbocycles. The van der Waals surface area contributed by atoms with Crippen molar-refractivity contribution < 1.29 is 9.13 Å². The molecule has 0 unspecified atom stereocenters. The number of rotatable bonds is 6. The molecule has 4 rings (SSSR count). The van der Waals surface area contributed by atoms with E-state index < -0.39 is 0 Å². The number of aromatic nitrogens is 3. The molecule has 1 saturated heterocycles. The lowest BCUT2D eigenvalue weighted by Crippen LogP contribution is -2.47. The molecule has 0 atom stereocenters. The van der Waals surface area contributed by atoms with Gasteiger partial charge >= 0.3 is 0 Å². The van der Waals surface area contributed by atoms with E-state index in [0.29, 0.717) is 18.3 Å². The topological polar surface area (TPSA) is 66.4 Å². The zero-order valence-corrected chi connectivity index (χ0v) is 16.3. The normalized spacial score (nSPS) is 14.0. The molecular weight excluding hydrogens is 371 g/mol. The molecule has 1 fully saturated rings. The Balaban J connectivity index is 1.34. The molecule has 1 N–H and O–H groups in total. The van der Waals surface area contributed by atoms with Crippen LogP contribution in [0.3, 0.4) is 0 Å². The lowest BCUT2D eigenvalue weighted by molar-refractivity contribution is 0.415. The molecule has 0 spiro atoms. The molecule has 0 radical (unpaired) electrons. The van der Waals surface area contributed by atoms with Crippen LogP contribution in [0.2, 0.25) is 0 Å². The van der Waals surface area contributed by atoms with Crippen molar-refractivity contribution >= 4 is 17.5 Å². The van der Waals surface area contributed by atoms with E-state index in [2.05, 4.69) is 42.4 Å². The highest BCUT2D eigenvalue weighted by atomic mass is 19.1. The van der Waals surface area contributed by atoms with E-state index >= 15 is 0 Å². The highest BCUT2D eigenvalue weighted by Crippen LogP contribution is 2.21. The van der Waals surface area contributed by atoms with Gasteiger partial charge in [-0.25, -0.2) is 4.39 Å². The minimum Gasteiger partial charge on any atom is -0.497 e. The van der Waals surface area contributed by atoms with Crippen molar-refractivity contribution in [3.05, 3.63) is 66.1 Å². The van der Waals surface area contributed by atoms with Crippen molar-refractivity contribution in [1.29, 1.82) is 0 Å². The Morgan fingerprint density at radius 1 is 0.966 bits per heavy atom. The third-order valence-corrected chi connectivity index (χ3v) is 4.93. The van der Waals surface area contributed by atoms with Gasteiger partial charge in [0.15, 0.2) is 5.82 Å². The Hall–Kier alpha value is -3.42. The molecule has 0 aliphatic carbocycles. The monoisotopic (exact) mass is 394 g/mol. The Morgan fingerprint density at radius 3 is 2.34 bits per heavy atom. The molecule has 8 heteroatoms. The number of nitrogens with zero attached hydrogens (tertiary/aromatic N) is 5. The second-order valence-electron chi connectivity index (χ2n) is 6.79. The first-order chi connectivity index (χ1) is 14.2. The average Bonchev–Trinajstić information content (AvgIpc) is 2.79. The summed E-state index contributed by atoms with van der Waals surface area (Å²) in [5.74, 6) is 1.88. The molecule has 0 amide bonds. The van der Waals surface area contributed by atoms with Gasteiger partial charge in [-0.2, -0.15) is 10.1 Å². The highest BCUT2D eigenvalue weighted by molar-refractivity contribution is 5.51. The predicted octanol–water partition coefficient (Wildman–Crippen LogP) is 2.96. The summed E-state index contributed by atoms with van der Waals surface area (Å²) in [5, 5.41) is 11.5. The van der Waals surface area contributed by atoms with Gasteiger partial charge in [0.1, 0.15) is 11.6 Å². The third kappa shape index (κ3) is 4.71. The maximum absolute atomic E-state index is 13.0. The largest absolute Gasteiger partial charge is 0.497 e. The molecule has 29 heavy (non-hydrogen) atoms. The van der Waals surface area contributed by atoms with E-state index in [0.717, 1.165) is 37.5 Å². The van der Waals surface area contributed by atoms with Crippen molar-refractivity contribution in [2.75, 3.05) is 48.4 Å². The fourth-order valence-corrected chi connectivity index (χ4v) is 3.27. The molecule has 1 aromatic heterocycles. The summed E-state index contributed by atoms with van der Waals surface area (Å²) in [6.45, 7) is 3.93. The van der Waals surface area contributed by atoms with Crippen LogP contribution >= 0.6 is 0 Å². The van der Waals surface area contributed by atoms with E-state index in [4.69, 9.17) is 4.74 Å². The zero-order valence-electron chi connectivity index (χ0n) is 16.3. The van der Waals surface area contributed by atoms with E-state index in [-0.39, 0.29) is 5.82 Å². The standard InChI is InChI=1S/C21H23FN6O/c1-29-19-8-6-18(7-9-19)27-10-12-28(13-11-27)21-25-20(15-24-26-21)23-14-16-2-4-17(22)5-3-16/h2-9,15H,10-14H2,1H3,(H,23,25,26). The molecule has 3 aromatic rings. The summed E-state index contributed by atoms with van der Waals surface area (Å²) >= 11 is 0. The second kappa shape index (κ2) is 8.72. The summed E-state index contributed by atoms with van der Waals surface area (Å²) in [7, 11) is 1.67. The molecule has 1 aliphatic heterocycles. The van der Waals surface area contributed by atoms with Crippen LogP contribution in [-0.4, -0.2) is 48.5 Å². The first-order valence-electron chi connectivity index (χ1n) is 9.53. The molecule has 0 bridgehead atoms. The lowest BCUT2D eigenvalue weighted by atomic mass is 10.2. The van der Waals surface area contributed by atoms with Crippen LogP contribution in [0.5, 0.6) is 5.75 Å². The number of hydrogen-bond acceptors (Lipinski definition) is 7. The Kier molecular flexibility index (Phi) is 5.69. The average molecular weight is 394 g/mol. The van der Waals surface area contributed by atoms with Gasteiger partial charge in [0.2, 0.25) is 5.95 Å². The van der Waals surface area contributed by atoms with Crippen LogP contribution < -0.4 is 19.9 Å². The molecular formula is C21H23FN6O. The minimum absolute atomic E-state index is 0.242. The first-order valence-corrected chi connectivity index (χ1v) is 9.53. The van der Waals surface area contributed by atoms with Gasteiger partial charge in [0.25, 0.3) is 0 Å². The Morgan fingerprint density at radius 2 is 1.66 bits per heavy atom. The van der Waals surface area contributed by atoms with Gasteiger partial charge in [0, 0.05) is 38.4 Å². The van der Waals surface area contributed by atoms with Crippen LogP contribution in [0, 0.1) is 5.82 Å². The fourth-order valence-electron chi connectivity index (χ4n) is 3.27. The summed E-state index contributed by atoms with van der Waals surface area (Å²) in [5.41, 5.74) is 2.15. The maximum atomic E-state index is 13.0. The third-order valence-electron chi connectivity index (χ3n) is 4.93. The summed E-state index contributed by atoms with van der Waals surface area (Å²) < 4.78 is 18.2. The van der Waals surface area contributed by atoms with E-state index in [1.165, 1.54) is 17.8 Å². The summed E-state index contributed by atoms with van der Waals surface area (Å²) in [4.78, 5) is 9.05. The number of hydrogen-bond donors (Lipinski definition) is 1. The lowest BCUT2D eigenvalue weighted by Gasteiger charge is -2.36. The number of nitrogens with one attached hydrogen (secondary N) is 1. The zero-order chi connectivity index (χ0) is 20.1. The van der Waals surface area contributed by atoms with E-state index in [9.17, 15) is 4.39 Å². The van der Waals surface area contributed by atoms with E-state index in [1.807, 2.05) is 12.1 Å². The van der Waals surface area contributed by atoms with Crippen LogP contribution in [0.1, 0.15) is 5.56 Å². The molecule has 1 aliphatic rings. The summed E-state index contributed by atoms with van der Waals surface area (Å²) in [6, 6.07) is 14.5. The quantitative estimate of drug-likeness (QED) is 0.689.